The van der Waals surface area contributed by atoms with Crippen LogP contribution in [0.1, 0.15) is 18.4 Å². The number of benzene rings is 2. The highest BCUT2D eigenvalue weighted by molar-refractivity contribution is 5.91. The molecule has 1 N–H and O–H groups in total. The minimum absolute atomic E-state index is 0.194. The van der Waals surface area contributed by atoms with Crippen LogP contribution in [0.4, 0.5) is 10.5 Å². The zero-order chi connectivity index (χ0) is 19.6. The number of carbonyl (C=O) groups excluding carboxylic acids is 1. The van der Waals surface area contributed by atoms with E-state index in [1.807, 2.05) is 54.6 Å². The molecule has 2 fully saturated rings. The first-order valence-corrected chi connectivity index (χ1v) is 9.70. The maximum atomic E-state index is 12.4. The minimum atomic E-state index is -0.770. The van der Waals surface area contributed by atoms with Crippen molar-refractivity contribution in [3.05, 3.63) is 60.2 Å². The number of anilines is 1. The Morgan fingerprint density at radius 2 is 1.79 bits per heavy atom. The van der Waals surface area contributed by atoms with E-state index in [4.69, 9.17) is 9.47 Å². The second-order valence-electron chi connectivity index (χ2n) is 7.49. The van der Waals surface area contributed by atoms with Gasteiger partial charge in [0.1, 0.15) is 11.9 Å². The third kappa shape index (κ3) is 3.70. The van der Waals surface area contributed by atoms with Crippen LogP contribution < -0.4 is 9.64 Å². The van der Waals surface area contributed by atoms with Crippen LogP contribution in [0, 0.1) is 0 Å². The van der Waals surface area contributed by atoms with Gasteiger partial charge < -0.3 is 14.6 Å². The number of hydrogen-bond donors (Lipinski definition) is 1. The van der Waals surface area contributed by atoms with E-state index in [1.54, 1.807) is 12.0 Å². The Labute approximate surface area is 165 Å². The van der Waals surface area contributed by atoms with Gasteiger partial charge in [0.15, 0.2) is 0 Å². The summed E-state index contributed by atoms with van der Waals surface area (Å²) in [6.07, 6.45) is 0.814. The number of piperidine rings is 1. The molecule has 4 rings (SSSR count). The summed E-state index contributed by atoms with van der Waals surface area (Å²) < 4.78 is 11.0. The predicted molar refractivity (Wildman–Crippen MR) is 107 cm³/mol. The third-order valence-corrected chi connectivity index (χ3v) is 5.71. The van der Waals surface area contributed by atoms with Gasteiger partial charge in [0.05, 0.1) is 24.9 Å². The van der Waals surface area contributed by atoms with Gasteiger partial charge in [-0.05, 0) is 30.5 Å². The number of cyclic esters (lactones) is 1. The van der Waals surface area contributed by atoms with E-state index in [-0.39, 0.29) is 12.2 Å². The zero-order valence-corrected chi connectivity index (χ0v) is 16.1. The van der Waals surface area contributed by atoms with Gasteiger partial charge in [-0.2, -0.15) is 0 Å². The monoisotopic (exact) mass is 382 g/mol. The highest BCUT2D eigenvalue weighted by Crippen LogP contribution is 2.34. The standard InChI is InChI=1S/C22H26N2O4/c1-27-20-10-6-5-9-19(20)24-16-18(28-21(24)25)15-23-13-11-22(26,12-14-23)17-7-3-2-4-8-17/h2-10,18,26H,11-16H2,1H3. The molecule has 0 radical (unpaired) electrons. The Balaban J connectivity index is 1.36. The molecular weight excluding hydrogens is 356 g/mol. The SMILES string of the molecule is COc1ccccc1N1CC(CN2CCC(O)(c3ccccc3)CC2)OC1=O. The lowest BCUT2D eigenvalue weighted by Crippen LogP contribution is -2.45. The van der Waals surface area contributed by atoms with Crippen molar-refractivity contribution in [2.45, 2.75) is 24.5 Å². The molecule has 0 spiro atoms. The summed E-state index contributed by atoms with van der Waals surface area (Å²) in [5, 5.41) is 11.0. The van der Waals surface area contributed by atoms with Crippen molar-refractivity contribution >= 4 is 11.8 Å². The van der Waals surface area contributed by atoms with E-state index in [1.165, 1.54) is 0 Å². The smallest absolute Gasteiger partial charge is 0.414 e. The van der Waals surface area contributed by atoms with Gasteiger partial charge in [0.25, 0.3) is 0 Å². The zero-order valence-electron chi connectivity index (χ0n) is 16.1. The predicted octanol–water partition coefficient (Wildman–Crippen LogP) is 3.00. The second-order valence-corrected chi connectivity index (χ2v) is 7.49. The Hall–Kier alpha value is -2.57. The fraction of sp³-hybridized carbons (Fsp3) is 0.409. The van der Waals surface area contributed by atoms with Crippen LogP contribution in [0.2, 0.25) is 0 Å². The van der Waals surface area contributed by atoms with Crippen molar-refractivity contribution in [2.24, 2.45) is 0 Å². The first-order chi connectivity index (χ1) is 13.6. The molecule has 0 saturated carbocycles. The van der Waals surface area contributed by atoms with Crippen LogP contribution in [0.25, 0.3) is 0 Å². The van der Waals surface area contributed by atoms with Gasteiger partial charge in [0.2, 0.25) is 0 Å². The topological polar surface area (TPSA) is 62.2 Å². The van der Waals surface area contributed by atoms with E-state index in [0.717, 1.165) is 24.3 Å². The number of rotatable bonds is 5. The molecule has 0 aliphatic carbocycles. The maximum absolute atomic E-state index is 12.4. The molecule has 2 aliphatic heterocycles. The van der Waals surface area contributed by atoms with Gasteiger partial charge in [-0.3, -0.25) is 9.80 Å². The van der Waals surface area contributed by atoms with Crippen molar-refractivity contribution in [3.8, 4) is 5.75 Å². The Bertz CT molecular complexity index is 818. The number of para-hydroxylation sites is 2. The van der Waals surface area contributed by atoms with Crippen LogP contribution in [0.5, 0.6) is 5.75 Å². The summed E-state index contributed by atoms with van der Waals surface area (Å²) in [6, 6.07) is 17.3. The van der Waals surface area contributed by atoms with Crippen LogP contribution in [-0.4, -0.2) is 55.5 Å². The van der Waals surface area contributed by atoms with Gasteiger partial charge in [0, 0.05) is 19.6 Å². The number of carbonyl (C=O) groups is 1. The summed E-state index contributed by atoms with van der Waals surface area (Å²) in [7, 11) is 1.60. The Morgan fingerprint density at radius 1 is 1.11 bits per heavy atom. The molecule has 6 heteroatoms. The number of methoxy groups -OCH3 is 1. The molecule has 2 aliphatic rings. The van der Waals surface area contributed by atoms with Crippen molar-refractivity contribution in [1.82, 2.24) is 4.90 Å². The summed E-state index contributed by atoms with van der Waals surface area (Å²) >= 11 is 0. The van der Waals surface area contributed by atoms with E-state index in [2.05, 4.69) is 4.90 Å². The molecule has 6 nitrogen and oxygen atoms in total. The molecule has 1 atom stereocenters. The molecule has 2 saturated heterocycles. The largest absolute Gasteiger partial charge is 0.495 e. The number of aliphatic hydroxyl groups is 1. The fourth-order valence-electron chi connectivity index (χ4n) is 4.10. The number of hydrogen-bond acceptors (Lipinski definition) is 5. The van der Waals surface area contributed by atoms with Crippen molar-refractivity contribution < 1.29 is 19.4 Å². The lowest BCUT2D eigenvalue weighted by atomic mass is 9.84. The molecule has 1 amide bonds. The highest BCUT2D eigenvalue weighted by Gasteiger charge is 2.38. The first kappa shape index (κ1) is 18.8. The van der Waals surface area contributed by atoms with Gasteiger partial charge >= 0.3 is 6.09 Å². The minimum Gasteiger partial charge on any atom is -0.495 e. The van der Waals surface area contributed by atoms with Gasteiger partial charge in [-0.25, -0.2) is 4.79 Å². The molecule has 0 aromatic heterocycles. The highest BCUT2D eigenvalue weighted by atomic mass is 16.6. The van der Waals surface area contributed by atoms with Crippen LogP contribution in [0.15, 0.2) is 54.6 Å². The van der Waals surface area contributed by atoms with Crippen LogP contribution in [0.3, 0.4) is 0 Å². The summed E-state index contributed by atoms with van der Waals surface area (Å²) in [4.78, 5) is 16.3. The Kier molecular flexibility index (Phi) is 5.24. The van der Waals surface area contributed by atoms with Crippen molar-refractivity contribution in [1.29, 1.82) is 0 Å². The van der Waals surface area contributed by atoms with E-state index >= 15 is 0 Å². The fourth-order valence-corrected chi connectivity index (χ4v) is 4.10. The van der Waals surface area contributed by atoms with E-state index in [0.29, 0.717) is 31.7 Å². The molecule has 2 aromatic rings. The summed E-state index contributed by atoms with van der Waals surface area (Å²) in [5.41, 5.74) is 0.937. The van der Waals surface area contributed by atoms with Crippen molar-refractivity contribution in [2.75, 3.05) is 38.2 Å². The van der Waals surface area contributed by atoms with Crippen LogP contribution >= 0.6 is 0 Å². The molecular formula is C22H26N2O4. The van der Waals surface area contributed by atoms with Gasteiger partial charge in [-0.15, -0.1) is 0 Å². The number of nitrogens with zero attached hydrogens (tertiary/aromatic N) is 2. The number of amides is 1. The van der Waals surface area contributed by atoms with E-state index < -0.39 is 5.60 Å². The average Bonchev–Trinajstić information content (AvgIpc) is 3.10. The van der Waals surface area contributed by atoms with Crippen LogP contribution in [-0.2, 0) is 10.3 Å². The van der Waals surface area contributed by atoms with Crippen molar-refractivity contribution in [3.63, 3.8) is 0 Å². The lowest BCUT2D eigenvalue weighted by molar-refractivity contribution is -0.0325. The molecule has 148 valence electrons. The quantitative estimate of drug-likeness (QED) is 0.861. The summed E-state index contributed by atoms with van der Waals surface area (Å²) in [5.74, 6) is 0.658. The molecule has 0 bridgehead atoms. The average molecular weight is 382 g/mol. The first-order valence-electron chi connectivity index (χ1n) is 9.70. The lowest BCUT2D eigenvalue weighted by Gasteiger charge is -2.39. The maximum Gasteiger partial charge on any atom is 0.414 e. The van der Waals surface area contributed by atoms with E-state index in [9.17, 15) is 9.90 Å². The third-order valence-electron chi connectivity index (χ3n) is 5.71. The second kappa shape index (κ2) is 7.81. The number of likely N-dealkylation sites (tertiary alicyclic amines) is 1. The molecule has 2 heterocycles. The molecule has 2 aromatic carbocycles. The summed E-state index contributed by atoms with van der Waals surface area (Å²) in [6.45, 7) is 2.71. The Morgan fingerprint density at radius 3 is 2.50 bits per heavy atom. The molecule has 28 heavy (non-hydrogen) atoms. The van der Waals surface area contributed by atoms with Gasteiger partial charge in [-0.1, -0.05) is 42.5 Å². The normalized spacial score (nSPS) is 22.1. The molecule has 1 unspecified atom stereocenters. The number of ether oxygens (including phenoxy) is 2.